The van der Waals surface area contributed by atoms with Gasteiger partial charge in [-0.2, -0.15) is 5.10 Å². The lowest BCUT2D eigenvalue weighted by molar-refractivity contribution is -0.150. The Morgan fingerprint density at radius 2 is 2.00 bits per heavy atom. The van der Waals surface area contributed by atoms with Crippen LogP contribution < -0.4 is 5.32 Å². The van der Waals surface area contributed by atoms with Gasteiger partial charge in [-0.3, -0.25) is 4.79 Å². The maximum absolute atomic E-state index is 12.2. The zero-order valence-electron chi connectivity index (χ0n) is 17.0. The van der Waals surface area contributed by atoms with Gasteiger partial charge in [-0.15, -0.1) is 0 Å². The van der Waals surface area contributed by atoms with Gasteiger partial charge in [0, 0.05) is 22.7 Å². The highest BCUT2D eigenvalue weighted by Gasteiger charge is 2.22. The second-order valence-electron chi connectivity index (χ2n) is 7.44. The van der Waals surface area contributed by atoms with E-state index < -0.39 is 12.1 Å². The molecule has 0 radical (unpaired) electrons. The van der Waals surface area contributed by atoms with Crippen molar-refractivity contribution in [2.24, 2.45) is 0 Å². The van der Waals surface area contributed by atoms with Crippen LogP contribution in [0.4, 0.5) is 0 Å². The maximum Gasteiger partial charge on any atom is 0.331 e. The molecule has 1 aliphatic rings. The van der Waals surface area contributed by atoms with Gasteiger partial charge in [0.2, 0.25) is 0 Å². The molecule has 1 aromatic heterocycles. The van der Waals surface area contributed by atoms with Crippen LogP contribution in [0, 0.1) is 6.92 Å². The largest absolute Gasteiger partial charge is 0.449 e. The van der Waals surface area contributed by atoms with Crippen LogP contribution in [0.5, 0.6) is 0 Å². The van der Waals surface area contributed by atoms with Crippen molar-refractivity contribution in [3.05, 3.63) is 57.3 Å². The van der Waals surface area contributed by atoms with Crippen LogP contribution in [-0.2, 0) is 20.9 Å². The molecule has 1 aromatic carbocycles. The topological polar surface area (TPSA) is 73.2 Å². The first-order chi connectivity index (χ1) is 14.3. The monoisotopic (exact) mass is 449 g/mol. The molecule has 1 aliphatic carbocycles. The summed E-state index contributed by atoms with van der Waals surface area (Å²) in [4.78, 5) is 24.3. The number of carbonyl (C=O) groups excluding carboxylic acids is 2. The number of ether oxygens (including phenoxy) is 1. The molecule has 0 spiro atoms. The first-order valence-corrected chi connectivity index (χ1v) is 10.8. The van der Waals surface area contributed by atoms with Crippen LogP contribution in [0.3, 0.4) is 0 Å². The third-order valence-electron chi connectivity index (χ3n) is 5.14. The Balaban J connectivity index is 1.61. The number of rotatable bonds is 7. The highest BCUT2D eigenvalue weighted by molar-refractivity contribution is 6.32. The Bertz CT molecular complexity index is 949. The molecule has 0 bridgehead atoms. The molecule has 0 saturated heterocycles. The van der Waals surface area contributed by atoms with E-state index in [0.29, 0.717) is 28.0 Å². The van der Waals surface area contributed by atoms with Crippen molar-refractivity contribution in [2.45, 2.75) is 58.2 Å². The van der Waals surface area contributed by atoms with Crippen LogP contribution in [0.2, 0.25) is 10.2 Å². The summed E-state index contributed by atoms with van der Waals surface area (Å²) < 4.78 is 6.84. The number of nitrogens with zero attached hydrogens (tertiary/aromatic N) is 2. The minimum Gasteiger partial charge on any atom is -0.449 e. The summed E-state index contributed by atoms with van der Waals surface area (Å²) in [6.45, 7) is 3.78. The maximum atomic E-state index is 12.2. The van der Waals surface area contributed by atoms with Gasteiger partial charge in [0.1, 0.15) is 5.15 Å². The van der Waals surface area contributed by atoms with Gasteiger partial charge in [0.15, 0.2) is 6.10 Å². The number of nitrogens with one attached hydrogen (secondary N) is 1. The number of carbonyl (C=O) groups is 2. The molecule has 1 saturated carbocycles. The number of hydrogen-bond acceptors (Lipinski definition) is 4. The minimum absolute atomic E-state index is 0.180. The predicted molar refractivity (Wildman–Crippen MR) is 118 cm³/mol. The molecule has 30 heavy (non-hydrogen) atoms. The SMILES string of the molecule is Cc1nn(Cc2ccccc2Cl)c(Cl)c1C=CC(=O)OC(C)C(=O)NC1CCCC1. The molecule has 0 aliphatic heterocycles. The lowest BCUT2D eigenvalue weighted by Crippen LogP contribution is -2.40. The van der Waals surface area contributed by atoms with Gasteiger partial charge in [-0.1, -0.05) is 54.2 Å². The van der Waals surface area contributed by atoms with E-state index in [2.05, 4.69) is 10.4 Å². The summed E-state index contributed by atoms with van der Waals surface area (Å²) in [5.74, 6) is -0.885. The van der Waals surface area contributed by atoms with Crippen LogP contribution in [0.25, 0.3) is 6.08 Å². The Kier molecular flexibility index (Phi) is 7.56. The molecule has 1 amide bonds. The molecule has 1 atom stereocenters. The van der Waals surface area contributed by atoms with Crippen molar-refractivity contribution in [1.82, 2.24) is 15.1 Å². The van der Waals surface area contributed by atoms with Crippen molar-refractivity contribution in [2.75, 3.05) is 0 Å². The Hall–Kier alpha value is -2.31. The van der Waals surface area contributed by atoms with Gasteiger partial charge in [-0.05, 0) is 44.4 Å². The van der Waals surface area contributed by atoms with Gasteiger partial charge < -0.3 is 10.1 Å². The lowest BCUT2D eigenvalue weighted by atomic mass is 10.2. The molecule has 8 heteroatoms. The summed E-state index contributed by atoms with van der Waals surface area (Å²) in [5.41, 5.74) is 2.17. The zero-order valence-corrected chi connectivity index (χ0v) is 18.5. The van der Waals surface area contributed by atoms with Gasteiger partial charge in [0.25, 0.3) is 5.91 Å². The number of esters is 1. The minimum atomic E-state index is -0.859. The zero-order chi connectivity index (χ0) is 21.7. The summed E-state index contributed by atoms with van der Waals surface area (Å²) in [6, 6.07) is 7.64. The number of aryl methyl sites for hydroxylation is 1. The van der Waals surface area contributed by atoms with E-state index >= 15 is 0 Å². The lowest BCUT2D eigenvalue weighted by Gasteiger charge is -2.16. The van der Waals surface area contributed by atoms with E-state index in [0.717, 1.165) is 31.2 Å². The predicted octanol–water partition coefficient (Wildman–Crippen LogP) is 4.55. The summed E-state index contributed by atoms with van der Waals surface area (Å²) >= 11 is 12.7. The fraction of sp³-hybridized carbons (Fsp3) is 0.409. The quantitative estimate of drug-likeness (QED) is 0.496. The highest BCUT2D eigenvalue weighted by atomic mass is 35.5. The Morgan fingerprint density at radius 1 is 1.30 bits per heavy atom. The van der Waals surface area contributed by atoms with E-state index in [1.54, 1.807) is 24.6 Å². The summed E-state index contributed by atoms with van der Waals surface area (Å²) in [5, 5.41) is 8.38. The molecule has 6 nitrogen and oxygen atoms in total. The van der Waals surface area contributed by atoms with Crippen molar-refractivity contribution >= 4 is 41.2 Å². The van der Waals surface area contributed by atoms with Gasteiger partial charge in [0.05, 0.1) is 12.2 Å². The summed E-state index contributed by atoms with van der Waals surface area (Å²) in [7, 11) is 0. The number of hydrogen-bond donors (Lipinski definition) is 1. The molecule has 3 rings (SSSR count). The van der Waals surface area contributed by atoms with Crippen molar-refractivity contribution < 1.29 is 14.3 Å². The van der Waals surface area contributed by atoms with Crippen molar-refractivity contribution in [3.8, 4) is 0 Å². The molecule has 2 aromatic rings. The first kappa shape index (κ1) is 22.4. The van der Waals surface area contributed by atoms with E-state index in [4.69, 9.17) is 27.9 Å². The molecule has 1 unspecified atom stereocenters. The van der Waals surface area contributed by atoms with Crippen LogP contribution in [0.15, 0.2) is 30.3 Å². The van der Waals surface area contributed by atoms with Crippen LogP contribution in [-0.4, -0.2) is 33.8 Å². The molecule has 1 N–H and O–H groups in total. The average molecular weight is 450 g/mol. The van der Waals surface area contributed by atoms with Crippen molar-refractivity contribution in [3.63, 3.8) is 0 Å². The van der Waals surface area contributed by atoms with E-state index in [1.165, 1.54) is 6.08 Å². The highest BCUT2D eigenvalue weighted by Crippen LogP contribution is 2.24. The third-order valence-corrected chi connectivity index (χ3v) is 5.90. The molecular weight excluding hydrogens is 425 g/mol. The number of aromatic nitrogens is 2. The molecular formula is C22H25Cl2N3O3. The average Bonchev–Trinajstić information content (AvgIpc) is 3.30. The second kappa shape index (κ2) is 10.1. The van der Waals surface area contributed by atoms with Crippen LogP contribution in [0.1, 0.15) is 49.4 Å². The van der Waals surface area contributed by atoms with Crippen molar-refractivity contribution in [1.29, 1.82) is 0 Å². The van der Waals surface area contributed by atoms with Gasteiger partial charge in [-0.25, -0.2) is 9.48 Å². The molecule has 1 fully saturated rings. The van der Waals surface area contributed by atoms with E-state index in [1.807, 2.05) is 24.3 Å². The second-order valence-corrected chi connectivity index (χ2v) is 8.21. The standard InChI is InChI=1S/C22H25Cl2N3O3/c1-14-18(21(24)27(26-14)13-16-7-3-6-10-19(16)23)11-12-20(28)30-15(2)22(29)25-17-8-4-5-9-17/h3,6-7,10-12,15,17H,4-5,8-9,13H2,1-2H3,(H,25,29). The smallest absolute Gasteiger partial charge is 0.331 e. The molecule has 1 heterocycles. The fourth-order valence-corrected chi connectivity index (χ4v) is 3.95. The van der Waals surface area contributed by atoms with E-state index in [9.17, 15) is 9.59 Å². The van der Waals surface area contributed by atoms with E-state index in [-0.39, 0.29) is 11.9 Å². The van der Waals surface area contributed by atoms with Gasteiger partial charge >= 0.3 is 5.97 Å². The summed E-state index contributed by atoms with van der Waals surface area (Å²) in [6.07, 6.45) is 6.14. The number of halogens is 2. The molecule has 160 valence electrons. The third kappa shape index (κ3) is 5.64. The van der Waals surface area contributed by atoms with Crippen LogP contribution >= 0.6 is 23.2 Å². The Morgan fingerprint density at radius 3 is 2.70 bits per heavy atom. The number of amides is 1. The first-order valence-electron chi connectivity index (χ1n) is 10.0. The normalized spacial score (nSPS) is 15.5. The Labute approximate surface area is 186 Å². The fourth-order valence-electron chi connectivity index (χ4n) is 3.46. The number of benzene rings is 1.